The summed E-state index contributed by atoms with van der Waals surface area (Å²) >= 11 is 6.22. The number of benzene rings is 1. The van der Waals surface area contributed by atoms with E-state index in [9.17, 15) is 18.4 Å². The molecule has 3 heterocycles. The average molecular weight is 531 g/mol. The van der Waals surface area contributed by atoms with Gasteiger partial charge in [0.05, 0.1) is 10.6 Å². The minimum Gasteiger partial charge on any atom is -0.629 e. The molecule has 1 aliphatic carbocycles. The maximum absolute atomic E-state index is 13.1. The number of allylic oxidation sites excluding steroid dienone is 5. The molecule has 36 heavy (non-hydrogen) atoms. The van der Waals surface area contributed by atoms with Crippen molar-refractivity contribution in [2.24, 2.45) is 4.99 Å². The molecule has 10 nitrogen and oxygen atoms in total. The second-order valence-electron chi connectivity index (χ2n) is 8.99. The maximum Gasteiger partial charge on any atom is 0.243 e. The van der Waals surface area contributed by atoms with Gasteiger partial charge in [0.15, 0.2) is 0 Å². The van der Waals surface area contributed by atoms with Crippen LogP contribution in [0.2, 0.25) is 0 Å². The first kappa shape index (κ1) is 24.7. The molecular formula is C24H27ClN6O4S. The Morgan fingerprint density at radius 3 is 2.69 bits per heavy atom. The highest BCUT2D eigenvalue weighted by molar-refractivity contribution is 7.89. The highest BCUT2D eigenvalue weighted by Gasteiger charge is 2.28. The van der Waals surface area contributed by atoms with Gasteiger partial charge in [0, 0.05) is 60.7 Å². The third-order valence-electron chi connectivity index (χ3n) is 6.60. The molecule has 1 aromatic rings. The number of carbonyl (C=O) groups excluding carboxylic acids is 1. The number of halogens is 1. The van der Waals surface area contributed by atoms with E-state index < -0.39 is 10.0 Å². The average Bonchev–Trinajstić information content (AvgIpc) is 3.19. The van der Waals surface area contributed by atoms with E-state index in [0.29, 0.717) is 50.5 Å². The summed E-state index contributed by atoms with van der Waals surface area (Å²) < 4.78 is 27.6. The number of fused-ring (bicyclic) bond motifs is 1. The van der Waals surface area contributed by atoms with Crippen LogP contribution in [0.15, 0.2) is 80.1 Å². The molecular weight excluding hydrogens is 504 g/mol. The summed E-state index contributed by atoms with van der Waals surface area (Å²) in [6.07, 6.45) is 8.10. The molecule has 1 unspecified atom stereocenters. The highest BCUT2D eigenvalue weighted by atomic mass is 35.5. The Bertz CT molecular complexity index is 1320. The molecule has 3 aliphatic heterocycles. The van der Waals surface area contributed by atoms with E-state index in [0.717, 1.165) is 34.0 Å². The van der Waals surface area contributed by atoms with Crippen molar-refractivity contribution in [1.29, 1.82) is 0 Å². The van der Waals surface area contributed by atoms with Crippen molar-refractivity contribution < 1.29 is 18.3 Å². The lowest BCUT2D eigenvalue weighted by Crippen LogP contribution is -3.05. The van der Waals surface area contributed by atoms with Crippen LogP contribution in [0.4, 0.5) is 5.69 Å². The number of aliphatic imine (C=N–C) groups is 1. The number of hydroxylamine groups is 2. The maximum atomic E-state index is 13.1. The molecule has 0 aromatic heterocycles. The summed E-state index contributed by atoms with van der Waals surface area (Å²) in [6.45, 7) is 1.85. The van der Waals surface area contributed by atoms with Crippen LogP contribution < -0.4 is 15.7 Å². The smallest absolute Gasteiger partial charge is 0.243 e. The standard InChI is InChI=1S/C24H27ClN6O4S/c25-19-2-7-23-17(12-19)13-22-18(15-31(23)33)14-26-24(28-22)27-20-3-5-21(6-4-20)36(34,35)30-9-1-8-29(16-32)10-11-30/h3-6,12-14,16,31H,1-2,7-11,15H2,(H2,26,27,28). The van der Waals surface area contributed by atoms with Gasteiger partial charge in [0.2, 0.25) is 22.4 Å². The third kappa shape index (κ3) is 5.11. The summed E-state index contributed by atoms with van der Waals surface area (Å²) in [7, 11) is -3.66. The number of hydrogen-bond donors (Lipinski definition) is 3. The fourth-order valence-corrected chi connectivity index (χ4v) is 6.30. The van der Waals surface area contributed by atoms with E-state index in [4.69, 9.17) is 11.6 Å². The predicted octanol–water partition coefficient (Wildman–Crippen LogP) is 1.25. The van der Waals surface area contributed by atoms with E-state index in [2.05, 4.69) is 15.6 Å². The first-order chi connectivity index (χ1) is 17.3. The molecule has 1 aromatic carbocycles. The Balaban J connectivity index is 1.29. The lowest BCUT2D eigenvalue weighted by Gasteiger charge is -2.27. The van der Waals surface area contributed by atoms with Crippen molar-refractivity contribution in [2.45, 2.75) is 24.2 Å². The number of anilines is 1. The van der Waals surface area contributed by atoms with Gasteiger partial charge in [-0.3, -0.25) is 4.79 Å². The minimum atomic E-state index is -3.66. The predicted molar refractivity (Wildman–Crippen MR) is 137 cm³/mol. The van der Waals surface area contributed by atoms with Gasteiger partial charge in [-0.2, -0.15) is 4.31 Å². The van der Waals surface area contributed by atoms with Gasteiger partial charge in [-0.05, 0) is 49.3 Å². The van der Waals surface area contributed by atoms with Gasteiger partial charge >= 0.3 is 0 Å². The zero-order valence-corrected chi connectivity index (χ0v) is 21.1. The van der Waals surface area contributed by atoms with Crippen molar-refractivity contribution in [3.63, 3.8) is 0 Å². The van der Waals surface area contributed by atoms with Gasteiger partial charge in [0.1, 0.15) is 12.2 Å². The fraction of sp³-hybridized carbons (Fsp3) is 0.333. The largest absolute Gasteiger partial charge is 0.629 e. The number of carbonyl (C=O) groups is 1. The lowest BCUT2D eigenvalue weighted by molar-refractivity contribution is -0.802. The van der Waals surface area contributed by atoms with Crippen LogP contribution in [-0.2, 0) is 14.8 Å². The monoisotopic (exact) mass is 530 g/mol. The molecule has 12 heteroatoms. The van der Waals surface area contributed by atoms with E-state index in [-0.39, 0.29) is 23.0 Å². The van der Waals surface area contributed by atoms with Crippen molar-refractivity contribution in [3.05, 3.63) is 75.4 Å². The zero-order chi connectivity index (χ0) is 25.3. The zero-order valence-electron chi connectivity index (χ0n) is 19.5. The second-order valence-corrected chi connectivity index (χ2v) is 11.4. The first-order valence-electron chi connectivity index (χ1n) is 11.8. The van der Waals surface area contributed by atoms with E-state index in [1.54, 1.807) is 35.4 Å². The number of nitrogens with one attached hydrogen (secondary N) is 3. The summed E-state index contributed by atoms with van der Waals surface area (Å²) in [4.78, 5) is 17.2. The Kier molecular flexibility index (Phi) is 7.00. The van der Waals surface area contributed by atoms with Crippen molar-refractivity contribution in [3.8, 4) is 0 Å². The van der Waals surface area contributed by atoms with E-state index in [1.165, 1.54) is 4.31 Å². The van der Waals surface area contributed by atoms with Crippen LogP contribution in [-0.4, -0.2) is 62.7 Å². The number of amides is 1. The molecule has 0 spiro atoms. The van der Waals surface area contributed by atoms with E-state index in [1.807, 2.05) is 12.2 Å². The van der Waals surface area contributed by atoms with Crippen LogP contribution in [0, 0.1) is 5.21 Å². The molecule has 4 aliphatic rings. The first-order valence-corrected chi connectivity index (χ1v) is 13.6. The van der Waals surface area contributed by atoms with Crippen LogP contribution >= 0.6 is 11.6 Å². The second kappa shape index (κ2) is 10.2. The van der Waals surface area contributed by atoms with Gasteiger partial charge in [-0.1, -0.05) is 11.6 Å². The number of rotatable bonds is 4. The van der Waals surface area contributed by atoms with Crippen LogP contribution in [0.5, 0.6) is 0 Å². The molecule has 1 amide bonds. The normalized spacial score (nSPS) is 23.1. The quantitative estimate of drug-likeness (QED) is 0.398. The molecule has 0 radical (unpaired) electrons. The topological polar surface area (TPSA) is 122 Å². The van der Waals surface area contributed by atoms with Gasteiger partial charge in [0.25, 0.3) is 0 Å². The van der Waals surface area contributed by atoms with Crippen LogP contribution in [0.3, 0.4) is 0 Å². The number of hydrogen-bond acceptors (Lipinski definition) is 7. The summed E-state index contributed by atoms with van der Waals surface area (Å²) in [5.41, 5.74) is 3.85. The number of nitrogens with zero attached hydrogens (tertiary/aromatic N) is 3. The van der Waals surface area contributed by atoms with Crippen molar-refractivity contribution in [1.82, 2.24) is 14.5 Å². The van der Waals surface area contributed by atoms with Gasteiger partial charge in [-0.25, -0.2) is 13.4 Å². The molecule has 1 saturated heterocycles. The van der Waals surface area contributed by atoms with Gasteiger partial charge < -0.3 is 25.8 Å². The highest BCUT2D eigenvalue weighted by Crippen LogP contribution is 2.28. The Morgan fingerprint density at radius 2 is 1.92 bits per heavy atom. The lowest BCUT2D eigenvalue weighted by atomic mass is 10.0. The minimum absolute atomic E-state index is 0.0800. The van der Waals surface area contributed by atoms with Crippen LogP contribution in [0.1, 0.15) is 19.3 Å². The molecule has 0 bridgehead atoms. The summed E-state index contributed by atoms with van der Waals surface area (Å²) in [5.74, 6) is 0.462. The molecule has 1 atom stereocenters. The molecule has 3 N–H and O–H groups in total. The van der Waals surface area contributed by atoms with Crippen LogP contribution in [0.25, 0.3) is 0 Å². The van der Waals surface area contributed by atoms with Crippen molar-refractivity contribution in [2.75, 3.05) is 38.0 Å². The van der Waals surface area contributed by atoms with Crippen molar-refractivity contribution >= 4 is 39.7 Å². The number of sulfonamides is 1. The summed E-state index contributed by atoms with van der Waals surface area (Å²) in [5, 5.41) is 19.9. The Morgan fingerprint density at radius 1 is 1.11 bits per heavy atom. The Hall–Kier alpha value is -2.96. The SMILES string of the molecule is O=CN1CCCN(S(=O)(=O)c2ccc(NC3=NC=C4C[NH+]([O-])C5=C(C=C(Cl)CC5)C=C4N3)cc2)CC1. The Labute approximate surface area is 214 Å². The molecule has 5 rings (SSSR count). The fourth-order valence-electron chi connectivity index (χ4n) is 4.62. The summed E-state index contributed by atoms with van der Waals surface area (Å²) in [6, 6.07) is 6.47. The molecule has 1 fully saturated rings. The number of guanidine groups is 1. The molecule has 190 valence electrons. The third-order valence-corrected chi connectivity index (χ3v) is 8.81. The van der Waals surface area contributed by atoms with E-state index >= 15 is 0 Å². The number of quaternary nitrogens is 1. The molecule has 0 saturated carbocycles. The van der Waals surface area contributed by atoms with Gasteiger partial charge in [-0.15, -0.1) is 0 Å².